The maximum atomic E-state index is 13.3. The van der Waals surface area contributed by atoms with E-state index in [1.165, 1.54) is 0 Å². The Labute approximate surface area is 79.4 Å². The van der Waals surface area contributed by atoms with Gasteiger partial charge in [0.2, 0.25) is 0 Å². The van der Waals surface area contributed by atoms with Crippen LogP contribution in [0.5, 0.6) is 0 Å². The van der Waals surface area contributed by atoms with Gasteiger partial charge in [0.15, 0.2) is 0 Å². The molecule has 0 aliphatic heterocycles. The molecule has 3 heteroatoms. The van der Waals surface area contributed by atoms with Gasteiger partial charge in [-0.2, -0.15) is 0 Å². The van der Waals surface area contributed by atoms with Crippen molar-refractivity contribution in [1.29, 1.82) is 0 Å². The fourth-order valence-electron chi connectivity index (χ4n) is 1.03. The lowest BCUT2D eigenvalue weighted by molar-refractivity contribution is 0.297. The van der Waals surface area contributed by atoms with Crippen molar-refractivity contribution in [1.82, 2.24) is 0 Å². The molecule has 0 atom stereocenters. The summed E-state index contributed by atoms with van der Waals surface area (Å²) in [6.45, 7) is 1.69. The van der Waals surface area contributed by atoms with Crippen molar-refractivity contribution in [3.8, 4) is 0 Å². The van der Waals surface area contributed by atoms with E-state index in [1.54, 1.807) is 19.1 Å². The summed E-state index contributed by atoms with van der Waals surface area (Å²) < 4.78 is 14.1. The van der Waals surface area contributed by atoms with Crippen LogP contribution < -0.4 is 0 Å². The third-order valence-corrected chi connectivity index (χ3v) is 2.64. The molecule has 0 saturated carbocycles. The highest BCUT2D eigenvalue weighted by Gasteiger charge is 2.06. The Morgan fingerprint density at radius 1 is 1.50 bits per heavy atom. The molecule has 1 rings (SSSR count). The van der Waals surface area contributed by atoms with Crippen LogP contribution in [0.2, 0.25) is 0 Å². The van der Waals surface area contributed by atoms with Gasteiger partial charge >= 0.3 is 0 Å². The Morgan fingerprint density at radius 3 is 2.75 bits per heavy atom. The molecule has 0 aromatic heterocycles. The fraction of sp³-hybridized carbons (Fsp3) is 0.333. The highest BCUT2D eigenvalue weighted by atomic mass is 79.9. The molecule has 0 heterocycles. The first-order valence-corrected chi connectivity index (χ1v) is 4.50. The number of hydrogen-bond acceptors (Lipinski definition) is 1. The maximum absolute atomic E-state index is 13.3. The number of halogens is 2. The van der Waals surface area contributed by atoms with E-state index in [0.717, 1.165) is 4.47 Å². The summed E-state index contributed by atoms with van der Waals surface area (Å²) in [6.07, 6.45) is 0.375. The van der Waals surface area contributed by atoms with Crippen LogP contribution in [0.1, 0.15) is 11.1 Å². The molecule has 0 radical (unpaired) electrons. The van der Waals surface area contributed by atoms with E-state index in [4.69, 9.17) is 5.11 Å². The molecule has 66 valence electrons. The number of aliphatic hydroxyl groups excluding tert-OH is 1. The fourth-order valence-corrected chi connectivity index (χ4v) is 1.34. The summed E-state index contributed by atoms with van der Waals surface area (Å²) >= 11 is 3.23. The lowest BCUT2D eigenvalue weighted by Gasteiger charge is -2.05. The molecule has 12 heavy (non-hydrogen) atoms. The number of benzene rings is 1. The Morgan fingerprint density at radius 2 is 2.17 bits per heavy atom. The van der Waals surface area contributed by atoms with Crippen molar-refractivity contribution in [3.05, 3.63) is 33.5 Å². The van der Waals surface area contributed by atoms with Crippen molar-refractivity contribution in [2.45, 2.75) is 13.3 Å². The molecule has 0 amide bonds. The summed E-state index contributed by atoms with van der Waals surface area (Å²) in [5.74, 6) is -0.224. The van der Waals surface area contributed by atoms with Crippen LogP contribution in [0.3, 0.4) is 0 Å². The largest absolute Gasteiger partial charge is 0.396 e. The average Bonchev–Trinajstić information content (AvgIpc) is 2.07. The van der Waals surface area contributed by atoms with Gasteiger partial charge in [-0.1, -0.05) is 22.0 Å². The van der Waals surface area contributed by atoms with Crippen LogP contribution in [0, 0.1) is 12.7 Å². The standard InChI is InChI=1S/C9H10BrFO/c1-6-8(10)3-2-7(4-5-12)9(6)11/h2-3,12H,4-5H2,1H3. The smallest absolute Gasteiger partial charge is 0.130 e. The molecule has 0 unspecified atom stereocenters. The molecule has 1 nitrogen and oxygen atoms in total. The van der Waals surface area contributed by atoms with Crippen LogP contribution in [-0.4, -0.2) is 11.7 Å². The van der Waals surface area contributed by atoms with Gasteiger partial charge in [0.1, 0.15) is 5.82 Å². The quantitative estimate of drug-likeness (QED) is 0.831. The summed E-state index contributed by atoms with van der Waals surface area (Å²) in [5, 5.41) is 8.63. The van der Waals surface area contributed by atoms with Gasteiger partial charge in [-0.05, 0) is 30.5 Å². The van der Waals surface area contributed by atoms with Gasteiger partial charge < -0.3 is 5.11 Å². The Hall–Kier alpha value is -0.410. The molecule has 0 saturated heterocycles. The first kappa shape index (κ1) is 9.68. The van der Waals surface area contributed by atoms with Crippen molar-refractivity contribution in [3.63, 3.8) is 0 Å². The second-order valence-electron chi connectivity index (χ2n) is 2.62. The van der Waals surface area contributed by atoms with Crippen LogP contribution in [-0.2, 0) is 6.42 Å². The zero-order valence-electron chi connectivity index (χ0n) is 6.77. The molecule has 0 bridgehead atoms. The highest BCUT2D eigenvalue weighted by molar-refractivity contribution is 9.10. The summed E-state index contributed by atoms with van der Waals surface area (Å²) in [5.41, 5.74) is 1.17. The van der Waals surface area contributed by atoms with Gasteiger partial charge in [0.25, 0.3) is 0 Å². The predicted octanol–water partition coefficient (Wildman–Crippen LogP) is 2.43. The molecule has 1 N–H and O–H groups in total. The Bertz CT molecular complexity index is 286. The van der Waals surface area contributed by atoms with E-state index in [9.17, 15) is 4.39 Å². The Kier molecular flexibility index (Phi) is 3.23. The van der Waals surface area contributed by atoms with Crippen LogP contribution >= 0.6 is 15.9 Å². The van der Waals surface area contributed by atoms with E-state index in [0.29, 0.717) is 17.5 Å². The van der Waals surface area contributed by atoms with Crippen LogP contribution in [0.4, 0.5) is 4.39 Å². The molecular weight excluding hydrogens is 223 g/mol. The molecule has 1 aromatic carbocycles. The van der Waals surface area contributed by atoms with Gasteiger partial charge in [0, 0.05) is 11.1 Å². The number of rotatable bonds is 2. The second-order valence-corrected chi connectivity index (χ2v) is 3.47. The minimum absolute atomic E-state index is 0.0159. The SMILES string of the molecule is Cc1c(Br)ccc(CCO)c1F. The monoisotopic (exact) mass is 232 g/mol. The zero-order valence-corrected chi connectivity index (χ0v) is 8.36. The third-order valence-electron chi connectivity index (χ3n) is 1.78. The maximum Gasteiger partial charge on any atom is 0.130 e. The normalized spacial score (nSPS) is 10.3. The summed E-state index contributed by atoms with van der Waals surface area (Å²) in [6, 6.07) is 3.48. The second kappa shape index (κ2) is 4.01. The van der Waals surface area contributed by atoms with Gasteiger partial charge in [-0.3, -0.25) is 0 Å². The highest BCUT2D eigenvalue weighted by Crippen LogP contribution is 2.21. The first-order chi connectivity index (χ1) is 5.66. The summed E-state index contributed by atoms with van der Waals surface area (Å²) in [7, 11) is 0. The van der Waals surface area contributed by atoms with Gasteiger partial charge in [0.05, 0.1) is 0 Å². The Balaban J connectivity index is 3.08. The first-order valence-electron chi connectivity index (χ1n) is 3.71. The molecule has 0 spiro atoms. The molecular formula is C9H10BrFO. The number of aliphatic hydroxyl groups is 1. The predicted molar refractivity (Wildman–Crippen MR) is 49.6 cm³/mol. The average molecular weight is 233 g/mol. The van der Waals surface area contributed by atoms with Gasteiger partial charge in [-0.25, -0.2) is 4.39 Å². The zero-order chi connectivity index (χ0) is 9.14. The van der Waals surface area contributed by atoms with Crippen molar-refractivity contribution in [2.75, 3.05) is 6.61 Å². The van der Waals surface area contributed by atoms with Crippen LogP contribution in [0.15, 0.2) is 16.6 Å². The van der Waals surface area contributed by atoms with Crippen molar-refractivity contribution < 1.29 is 9.50 Å². The molecule has 0 fully saturated rings. The van der Waals surface area contributed by atoms with Crippen molar-refractivity contribution in [2.24, 2.45) is 0 Å². The molecule has 0 aliphatic rings. The van der Waals surface area contributed by atoms with E-state index >= 15 is 0 Å². The lowest BCUT2D eigenvalue weighted by atomic mass is 10.1. The topological polar surface area (TPSA) is 20.2 Å². The minimum atomic E-state index is -0.224. The van der Waals surface area contributed by atoms with E-state index in [2.05, 4.69) is 15.9 Å². The minimum Gasteiger partial charge on any atom is -0.396 e. The van der Waals surface area contributed by atoms with Gasteiger partial charge in [-0.15, -0.1) is 0 Å². The third kappa shape index (κ3) is 1.84. The van der Waals surface area contributed by atoms with E-state index in [-0.39, 0.29) is 12.4 Å². The van der Waals surface area contributed by atoms with Crippen molar-refractivity contribution >= 4 is 15.9 Å². The molecule has 0 aliphatic carbocycles. The summed E-state index contributed by atoms with van der Waals surface area (Å²) in [4.78, 5) is 0. The van der Waals surface area contributed by atoms with Crippen LogP contribution in [0.25, 0.3) is 0 Å². The number of hydrogen-bond donors (Lipinski definition) is 1. The van der Waals surface area contributed by atoms with E-state index < -0.39 is 0 Å². The lowest BCUT2D eigenvalue weighted by Crippen LogP contribution is -1.97. The molecule has 1 aromatic rings. The van der Waals surface area contributed by atoms with E-state index in [1.807, 2.05) is 0 Å².